The van der Waals surface area contributed by atoms with Crippen LogP contribution in [0.3, 0.4) is 0 Å². The minimum atomic E-state index is 0.0384. The third-order valence-corrected chi connectivity index (χ3v) is 5.18. The number of hydrogen-bond acceptors (Lipinski definition) is 4. The van der Waals surface area contributed by atoms with Crippen molar-refractivity contribution in [1.82, 2.24) is 10.2 Å². The van der Waals surface area contributed by atoms with Crippen LogP contribution in [-0.2, 0) is 4.74 Å². The first-order chi connectivity index (χ1) is 11.7. The molecule has 2 fully saturated rings. The zero-order chi connectivity index (χ0) is 16.8. The van der Waals surface area contributed by atoms with Crippen molar-refractivity contribution in [3.05, 3.63) is 29.8 Å². The number of nitrogens with zero attached hydrogens (tertiary/aromatic N) is 2. The van der Waals surface area contributed by atoms with E-state index in [4.69, 9.17) is 4.74 Å². The molecular weight excluding hydrogens is 302 g/mol. The third-order valence-electron chi connectivity index (χ3n) is 5.18. The van der Waals surface area contributed by atoms with Gasteiger partial charge in [0.2, 0.25) is 0 Å². The minimum absolute atomic E-state index is 0.0384. The largest absolute Gasteiger partial charge is 0.378 e. The topological polar surface area (TPSA) is 44.8 Å². The number of carbonyl (C=O) groups is 1. The van der Waals surface area contributed by atoms with Gasteiger partial charge in [-0.05, 0) is 69.6 Å². The van der Waals surface area contributed by atoms with Crippen LogP contribution < -0.4 is 10.2 Å². The second-order valence-electron chi connectivity index (χ2n) is 6.94. The Labute approximate surface area is 145 Å². The number of anilines is 1. The molecule has 0 aromatic heterocycles. The molecule has 0 spiro atoms. The van der Waals surface area contributed by atoms with Crippen molar-refractivity contribution in [2.24, 2.45) is 5.92 Å². The van der Waals surface area contributed by atoms with Crippen LogP contribution in [0.4, 0.5) is 5.69 Å². The van der Waals surface area contributed by atoms with E-state index < -0.39 is 0 Å². The minimum Gasteiger partial charge on any atom is -0.378 e. The molecule has 0 unspecified atom stereocenters. The smallest absolute Gasteiger partial charge is 0.251 e. The lowest BCUT2D eigenvalue weighted by Gasteiger charge is -2.29. The molecule has 2 saturated heterocycles. The van der Waals surface area contributed by atoms with Crippen molar-refractivity contribution in [1.29, 1.82) is 0 Å². The highest BCUT2D eigenvalue weighted by Gasteiger charge is 2.17. The molecule has 0 saturated carbocycles. The van der Waals surface area contributed by atoms with E-state index in [9.17, 15) is 4.79 Å². The summed E-state index contributed by atoms with van der Waals surface area (Å²) in [6, 6.07) is 7.93. The van der Waals surface area contributed by atoms with Crippen LogP contribution in [0.5, 0.6) is 0 Å². The summed E-state index contributed by atoms with van der Waals surface area (Å²) >= 11 is 0. The van der Waals surface area contributed by atoms with Crippen molar-refractivity contribution in [2.75, 3.05) is 57.9 Å². The van der Waals surface area contributed by atoms with E-state index in [0.29, 0.717) is 0 Å². The number of amides is 1. The number of carbonyl (C=O) groups excluding carboxylic acids is 1. The Hall–Kier alpha value is -1.59. The predicted molar refractivity (Wildman–Crippen MR) is 96.6 cm³/mol. The maximum absolute atomic E-state index is 12.3. The van der Waals surface area contributed by atoms with Gasteiger partial charge in [0.05, 0.1) is 13.2 Å². The molecule has 1 aromatic rings. The Morgan fingerprint density at radius 2 is 1.79 bits per heavy atom. The molecule has 2 heterocycles. The molecular formula is C19H29N3O2. The van der Waals surface area contributed by atoms with E-state index in [1.807, 2.05) is 24.3 Å². The van der Waals surface area contributed by atoms with Crippen LogP contribution in [0.25, 0.3) is 0 Å². The highest BCUT2D eigenvalue weighted by atomic mass is 16.5. The van der Waals surface area contributed by atoms with Gasteiger partial charge in [-0.15, -0.1) is 0 Å². The van der Waals surface area contributed by atoms with Crippen LogP contribution in [0.15, 0.2) is 24.3 Å². The van der Waals surface area contributed by atoms with Crippen LogP contribution in [-0.4, -0.2) is 63.8 Å². The van der Waals surface area contributed by atoms with E-state index in [2.05, 4.69) is 22.2 Å². The second kappa shape index (κ2) is 8.49. The summed E-state index contributed by atoms with van der Waals surface area (Å²) in [5.74, 6) is 0.793. The summed E-state index contributed by atoms with van der Waals surface area (Å²) in [4.78, 5) is 17.0. The fourth-order valence-electron chi connectivity index (χ4n) is 3.49. The van der Waals surface area contributed by atoms with E-state index in [0.717, 1.165) is 50.8 Å². The van der Waals surface area contributed by atoms with Crippen LogP contribution in [0, 0.1) is 5.92 Å². The highest BCUT2D eigenvalue weighted by molar-refractivity contribution is 5.94. The number of piperidine rings is 1. The van der Waals surface area contributed by atoms with Gasteiger partial charge in [0.25, 0.3) is 5.91 Å². The lowest BCUT2D eigenvalue weighted by molar-refractivity contribution is 0.0949. The maximum atomic E-state index is 12.3. The van der Waals surface area contributed by atoms with E-state index in [1.54, 1.807) is 0 Å². The third kappa shape index (κ3) is 4.71. The van der Waals surface area contributed by atoms with Crippen LogP contribution in [0.1, 0.15) is 29.6 Å². The summed E-state index contributed by atoms with van der Waals surface area (Å²) in [7, 11) is 2.18. The van der Waals surface area contributed by atoms with E-state index in [-0.39, 0.29) is 5.91 Å². The number of morpholine rings is 1. The zero-order valence-corrected chi connectivity index (χ0v) is 14.7. The molecule has 3 rings (SSSR count). The number of benzene rings is 1. The number of nitrogens with one attached hydrogen (secondary N) is 1. The Kier molecular flexibility index (Phi) is 6.10. The molecule has 5 heteroatoms. The summed E-state index contributed by atoms with van der Waals surface area (Å²) in [6.45, 7) is 6.53. The molecule has 24 heavy (non-hydrogen) atoms. The highest BCUT2D eigenvalue weighted by Crippen LogP contribution is 2.19. The Morgan fingerprint density at radius 1 is 1.12 bits per heavy atom. The first-order valence-corrected chi connectivity index (χ1v) is 9.12. The SMILES string of the molecule is CN1CCC(CCNC(=O)c2ccc(N3CCOCC3)cc2)CC1. The molecule has 0 atom stereocenters. The lowest BCUT2D eigenvalue weighted by Crippen LogP contribution is -2.36. The van der Waals surface area contributed by atoms with Crippen molar-refractivity contribution in [2.45, 2.75) is 19.3 Å². The van der Waals surface area contributed by atoms with Gasteiger partial charge < -0.3 is 19.9 Å². The molecule has 2 aliphatic heterocycles. The van der Waals surface area contributed by atoms with Crippen molar-refractivity contribution in [3.8, 4) is 0 Å². The predicted octanol–water partition coefficient (Wildman–Crippen LogP) is 1.98. The number of ether oxygens (including phenoxy) is 1. The number of likely N-dealkylation sites (tertiary alicyclic amines) is 1. The monoisotopic (exact) mass is 331 g/mol. The second-order valence-corrected chi connectivity index (χ2v) is 6.94. The van der Waals surface area contributed by atoms with Gasteiger partial charge in [-0.2, -0.15) is 0 Å². The molecule has 132 valence electrons. The first kappa shape index (κ1) is 17.2. The van der Waals surface area contributed by atoms with Gasteiger partial charge in [0, 0.05) is 30.9 Å². The van der Waals surface area contributed by atoms with Gasteiger partial charge in [-0.1, -0.05) is 0 Å². The van der Waals surface area contributed by atoms with Crippen molar-refractivity contribution in [3.63, 3.8) is 0 Å². The Morgan fingerprint density at radius 3 is 2.46 bits per heavy atom. The van der Waals surface area contributed by atoms with Gasteiger partial charge in [-0.25, -0.2) is 0 Å². The lowest BCUT2D eigenvalue weighted by atomic mass is 9.94. The molecule has 1 N–H and O–H groups in total. The molecule has 0 aliphatic carbocycles. The fraction of sp³-hybridized carbons (Fsp3) is 0.632. The molecule has 2 aliphatic rings. The Balaban J connectivity index is 1.43. The molecule has 1 amide bonds. The summed E-state index contributed by atoms with van der Waals surface area (Å²) in [5, 5.41) is 3.07. The molecule has 0 bridgehead atoms. The van der Waals surface area contributed by atoms with Crippen LogP contribution in [0.2, 0.25) is 0 Å². The summed E-state index contributed by atoms with van der Waals surface area (Å²) in [6.07, 6.45) is 3.59. The number of rotatable bonds is 5. The summed E-state index contributed by atoms with van der Waals surface area (Å²) < 4.78 is 5.37. The molecule has 1 aromatic carbocycles. The van der Waals surface area contributed by atoms with Gasteiger partial charge in [-0.3, -0.25) is 4.79 Å². The Bertz CT molecular complexity index is 518. The molecule has 0 radical (unpaired) electrons. The van der Waals surface area contributed by atoms with Crippen molar-refractivity contribution >= 4 is 11.6 Å². The average Bonchev–Trinajstić information content (AvgIpc) is 2.64. The van der Waals surface area contributed by atoms with Crippen molar-refractivity contribution < 1.29 is 9.53 Å². The molecule has 5 nitrogen and oxygen atoms in total. The summed E-state index contributed by atoms with van der Waals surface area (Å²) in [5.41, 5.74) is 1.91. The van der Waals surface area contributed by atoms with Gasteiger partial charge in [0.15, 0.2) is 0 Å². The van der Waals surface area contributed by atoms with E-state index >= 15 is 0 Å². The first-order valence-electron chi connectivity index (χ1n) is 9.12. The normalized spacial score (nSPS) is 20.1. The standard InChI is InChI=1S/C19H29N3O2/c1-21-10-7-16(8-11-21)6-9-20-19(23)17-2-4-18(5-3-17)22-12-14-24-15-13-22/h2-5,16H,6-15H2,1H3,(H,20,23). The quantitative estimate of drug-likeness (QED) is 0.896. The maximum Gasteiger partial charge on any atom is 0.251 e. The fourth-order valence-corrected chi connectivity index (χ4v) is 3.49. The number of hydrogen-bond donors (Lipinski definition) is 1. The average molecular weight is 331 g/mol. The van der Waals surface area contributed by atoms with Gasteiger partial charge >= 0.3 is 0 Å². The van der Waals surface area contributed by atoms with Crippen LogP contribution >= 0.6 is 0 Å². The van der Waals surface area contributed by atoms with E-state index in [1.165, 1.54) is 31.6 Å². The van der Waals surface area contributed by atoms with Gasteiger partial charge in [0.1, 0.15) is 0 Å². The zero-order valence-electron chi connectivity index (χ0n) is 14.7.